The number of sulfone groups is 2. The van der Waals surface area contributed by atoms with E-state index in [0.29, 0.717) is 19.3 Å². The molecule has 1 unspecified atom stereocenters. The van der Waals surface area contributed by atoms with Gasteiger partial charge in [0.25, 0.3) is 0 Å². The number of benzene rings is 2. The highest BCUT2D eigenvalue weighted by Gasteiger charge is 2.43. The minimum atomic E-state index is -4.16. The summed E-state index contributed by atoms with van der Waals surface area (Å²) in [6.07, 6.45) is 1.39. The molecule has 5 nitrogen and oxygen atoms in total. The number of carbonyl (C=O) groups is 1. The summed E-state index contributed by atoms with van der Waals surface area (Å²) in [7, 11) is -8.32. The minimum absolute atomic E-state index is 0.0463. The molecule has 0 spiro atoms. The van der Waals surface area contributed by atoms with E-state index in [9.17, 15) is 21.6 Å². The van der Waals surface area contributed by atoms with Crippen molar-refractivity contribution < 1.29 is 21.6 Å². The van der Waals surface area contributed by atoms with E-state index in [1.165, 1.54) is 24.3 Å². The van der Waals surface area contributed by atoms with Crippen molar-refractivity contribution in [1.82, 2.24) is 0 Å². The van der Waals surface area contributed by atoms with Crippen molar-refractivity contribution >= 4 is 25.5 Å². The Morgan fingerprint density at radius 1 is 0.808 bits per heavy atom. The first-order valence-electron chi connectivity index (χ1n) is 8.44. The van der Waals surface area contributed by atoms with Crippen molar-refractivity contribution in [1.29, 1.82) is 0 Å². The molecule has 2 aromatic rings. The van der Waals surface area contributed by atoms with Crippen molar-refractivity contribution in [3.05, 3.63) is 60.7 Å². The lowest BCUT2D eigenvalue weighted by atomic mass is 10.0. The average Bonchev–Trinajstić information content (AvgIpc) is 3.05. The fraction of sp³-hybridized carbons (Fsp3) is 0.316. The highest BCUT2D eigenvalue weighted by atomic mass is 32.3. The maximum atomic E-state index is 13.2. The topological polar surface area (TPSA) is 85.3 Å². The van der Waals surface area contributed by atoms with Crippen LogP contribution in [0.1, 0.15) is 25.7 Å². The number of rotatable bonds is 6. The van der Waals surface area contributed by atoms with E-state index in [1.807, 2.05) is 0 Å². The zero-order chi connectivity index (χ0) is 18.8. The van der Waals surface area contributed by atoms with Gasteiger partial charge in [-0.05, 0) is 43.5 Å². The Morgan fingerprint density at radius 2 is 1.27 bits per heavy atom. The summed E-state index contributed by atoms with van der Waals surface area (Å²) in [5, 5.41) is 0. The summed E-state index contributed by atoms with van der Waals surface area (Å²) < 4.78 is 51.0. The number of hydrogen-bond acceptors (Lipinski definition) is 5. The first-order valence-corrected chi connectivity index (χ1v) is 11.5. The summed E-state index contributed by atoms with van der Waals surface area (Å²) in [6, 6.07) is 15.1. The molecule has 0 N–H and O–H groups in total. The largest absolute Gasteiger partial charge is 0.299 e. The molecule has 0 bridgehead atoms. The average molecular weight is 392 g/mol. The van der Waals surface area contributed by atoms with Crippen LogP contribution in [0.3, 0.4) is 0 Å². The first kappa shape index (κ1) is 18.8. The first-order chi connectivity index (χ1) is 12.3. The van der Waals surface area contributed by atoms with Crippen LogP contribution in [-0.2, 0) is 24.5 Å². The minimum Gasteiger partial charge on any atom is -0.299 e. The fourth-order valence-electron chi connectivity index (χ4n) is 3.31. The van der Waals surface area contributed by atoms with Crippen LogP contribution >= 0.6 is 0 Å². The van der Waals surface area contributed by atoms with Crippen LogP contribution in [0.2, 0.25) is 0 Å². The zero-order valence-corrected chi connectivity index (χ0v) is 15.7. The molecule has 0 saturated heterocycles. The number of Topliss-reactive ketones (excluding diaryl/α,β-unsaturated/α-hetero) is 1. The lowest BCUT2D eigenvalue weighted by molar-refractivity contribution is -0.120. The van der Waals surface area contributed by atoms with Crippen LogP contribution in [0.25, 0.3) is 0 Å². The molecule has 1 aliphatic rings. The molecular formula is C19H20O5S2. The van der Waals surface area contributed by atoms with Gasteiger partial charge in [-0.25, -0.2) is 16.8 Å². The molecule has 0 radical (unpaired) electrons. The highest BCUT2D eigenvalue weighted by Crippen LogP contribution is 2.34. The summed E-state index contributed by atoms with van der Waals surface area (Å²) >= 11 is 0. The van der Waals surface area contributed by atoms with Crippen LogP contribution in [0.4, 0.5) is 0 Å². The van der Waals surface area contributed by atoms with Crippen LogP contribution in [0.5, 0.6) is 0 Å². The molecule has 1 atom stereocenters. The van der Waals surface area contributed by atoms with Gasteiger partial charge in [0, 0.05) is 12.3 Å². The van der Waals surface area contributed by atoms with Crippen LogP contribution < -0.4 is 0 Å². The van der Waals surface area contributed by atoms with Gasteiger partial charge in [-0.3, -0.25) is 4.79 Å². The Balaban J connectivity index is 2.09. The zero-order valence-electron chi connectivity index (χ0n) is 14.1. The third-order valence-electron chi connectivity index (χ3n) is 4.74. The number of hydrogen-bond donors (Lipinski definition) is 0. The lowest BCUT2D eigenvalue weighted by Gasteiger charge is -2.21. The molecule has 0 heterocycles. The fourth-order valence-corrected chi connectivity index (χ4v) is 7.97. The Hall–Kier alpha value is -1.99. The van der Waals surface area contributed by atoms with Gasteiger partial charge in [-0.15, -0.1) is 0 Å². The van der Waals surface area contributed by atoms with E-state index in [4.69, 9.17) is 0 Å². The predicted octanol–water partition coefficient (Wildman–Crippen LogP) is 3.02. The van der Waals surface area contributed by atoms with E-state index in [0.717, 1.165) is 0 Å². The molecule has 2 aromatic carbocycles. The van der Waals surface area contributed by atoms with Gasteiger partial charge in [-0.2, -0.15) is 0 Å². The van der Waals surface area contributed by atoms with Crippen molar-refractivity contribution in [3.63, 3.8) is 0 Å². The van der Waals surface area contributed by atoms with Crippen molar-refractivity contribution in [2.75, 3.05) is 0 Å². The third kappa shape index (κ3) is 3.59. The molecule has 1 fully saturated rings. The van der Waals surface area contributed by atoms with Gasteiger partial charge >= 0.3 is 0 Å². The number of carbonyl (C=O) groups excluding carboxylic acids is 1. The molecule has 0 aromatic heterocycles. The summed E-state index contributed by atoms with van der Waals surface area (Å²) in [5.41, 5.74) is 0. The molecular weight excluding hydrogens is 372 g/mol. The standard InChI is InChI=1S/C19H20O5S2/c20-18-13-7-8-15(18)14-19(25(21,22)16-9-3-1-4-10-16)26(23,24)17-11-5-2-6-12-17/h1-6,9-12,15,19H,7-8,13-14H2. The molecule has 1 aliphatic carbocycles. The second-order valence-electron chi connectivity index (χ2n) is 6.44. The van der Waals surface area contributed by atoms with E-state index in [1.54, 1.807) is 36.4 Å². The normalized spacial score (nSPS) is 18.3. The van der Waals surface area contributed by atoms with Crippen molar-refractivity contribution in [3.8, 4) is 0 Å². The van der Waals surface area contributed by atoms with Gasteiger partial charge in [-0.1, -0.05) is 36.4 Å². The van der Waals surface area contributed by atoms with Gasteiger partial charge in [0.2, 0.25) is 0 Å². The van der Waals surface area contributed by atoms with E-state index in [2.05, 4.69) is 0 Å². The molecule has 0 aliphatic heterocycles. The monoisotopic (exact) mass is 392 g/mol. The van der Waals surface area contributed by atoms with Crippen LogP contribution in [0, 0.1) is 5.92 Å². The Kier molecular flexibility index (Phi) is 5.29. The van der Waals surface area contributed by atoms with Crippen molar-refractivity contribution in [2.24, 2.45) is 5.92 Å². The Labute approximate surface area is 153 Å². The third-order valence-corrected chi connectivity index (χ3v) is 9.89. The predicted molar refractivity (Wildman–Crippen MR) is 98.0 cm³/mol. The second kappa shape index (κ2) is 7.32. The maximum absolute atomic E-state index is 13.2. The summed E-state index contributed by atoms with van der Waals surface area (Å²) in [5.74, 6) is -0.585. The molecule has 0 amide bonds. The molecule has 26 heavy (non-hydrogen) atoms. The van der Waals surface area contributed by atoms with E-state index >= 15 is 0 Å². The van der Waals surface area contributed by atoms with Gasteiger partial charge in [0.05, 0.1) is 9.79 Å². The van der Waals surface area contributed by atoms with Gasteiger partial charge in [0.15, 0.2) is 24.3 Å². The smallest absolute Gasteiger partial charge is 0.195 e. The molecule has 1 saturated carbocycles. The highest BCUT2D eigenvalue weighted by molar-refractivity contribution is 8.09. The summed E-state index contributed by atoms with van der Waals surface area (Å²) in [4.78, 5) is 12.0. The molecule has 3 rings (SSSR count). The van der Waals surface area contributed by atoms with Gasteiger partial charge < -0.3 is 0 Å². The Morgan fingerprint density at radius 3 is 1.65 bits per heavy atom. The SMILES string of the molecule is O=C1CCCC1CC(S(=O)(=O)c1ccccc1)S(=O)(=O)c1ccccc1. The molecule has 7 heteroatoms. The van der Waals surface area contributed by atoms with E-state index in [-0.39, 0.29) is 22.0 Å². The van der Waals surface area contributed by atoms with Crippen molar-refractivity contribution in [2.45, 2.75) is 40.1 Å². The van der Waals surface area contributed by atoms with Gasteiger partial charge in [0.1, 0.15) is 5.78 Å². The second-order valence-corrected chi connectivity index (χ2v) is 11.0. The molecule has 138 valence electrons. The van der Waals surface area contributed by atoms with E-state index < -0.39 is 30.2 Å². The number of ketones is 1. The quantitative estimate of drug-likeness (QED) is 0.754. The lowest BCUT2D eigenvalue weighted by Crippen LogP contribution is -2.33. The maximum Gasteiger partial charge on any atom is 0.195 e. The summed E-state index contributed by atoms with van der Waals surface area (Å²) in [6.45, 7) is 0. The van der Waals surface area contributed by atoms with Crippen LogP contribution in [0.15, 0.2) is 70.5 Å². The van der Waals surface area contributed by atoms with Crippen LogP contribution in [-0.4, -0.2) is 27.2 Å². The Bertz CT molecular complexity index is 911.